The number of benzene rings is 1. The van der Waals surface area contributed by atoms with Gasteiger partial charge in [0.2, 0.25) is 6.23 Å². The molecule has 1 aliphatic heterocycles. The largest absolute Gasteiger partial charge is 0.433 e. The second-order valence-corrected chi connectivity index (χ2v) is 4.94. The molecule has 24 heavy (non-hydrogen) atoms. The predicted molar refractivity (Wildman–Crippen MR) is 67.2 cm³/mol. The van der Waals surface area contributed by atoms with E-state index in [1.54, 1.807) is 0 Å². The van der Waals surface area contributed by atoms with Crippen LogP contribution in [0, 0.1) is 10.1 Å². The first-order valence-corrected chi connectivity index (χ1v) is 6.40. The molecule has 134 valence electrons. The summed E-state index contributed by atoms with van der Waals surface area (Å²) in [5, 5.41) is 19.6. The molecule has 0 spiro atoms. The fraction of sp³-hybridized carbons (Fsp3) is 0.500. The highest BCUT2D eigenvalue weighted by molar-refractivity contribution is 5.57. The van der Waals surface area contributed by atoms with Crippen LogP contribution < -0.4 is 4.90 Å². The van der Waals surface area contributed by atoms with Gasteiger partial charge in [0.15, 0.2) is 0 Å². The monoisotopic (exact) mass is 360 g/mol. The van der Waals surface area contributed by atoms with Gasteiger partial charge in [-0.2, -0.15) is 26.3 Å². The summed E-state index contributed by atoms with van der Waals surface area (Å²) in [7, 11) is 0. The molecule has 0 amide bonds. The lowest BCUT2D eigenvalue weighted by Crippen LogP contribution is -2.42. The van der Waals surface area contributed by atoms with Gasteiger partial charge in [0.05, 0.1) is 11.5 Å². The normalized spacial score (nSPS) is 22.0. The van der Waals surface area contributed by atoms with Crippen LogP contribution in [0.5, 0.6) is 0 Å². The van der Waals surface area contributed by atoms with E-state index in [0.717, 1.165) is 6.07 Å². The van der Waals surface area contributed by atoms with E-state index in [4.69, 9.17) is 5.11 Å². The van der Waals surface area contributed by atoms with Crippen LogP contribution in [0.4, 0.5) is 37.7 Å². The highest BCUT2D eigenvalue weighted by Crippen LogP contribution is 2.41. The summed E-state index contributed by atoms with van der Waals surface area (Å²) in [5.74, 6) is 0. The molecule has 12 heteroatoms. The molecule has 1 aromatic carbocycles. The van der Waals surface area contributed by atoms with E-state index in [2.05, 4.69) is 4.74 Å². The first-order chi connectivity index (χ1) is 10.9. The second kappa shape index (κ2) is 6.09. The number of nitrogens with zero attached hydrogens (tertiary/aromatic N) is 2. The molecule has 0 radical (unpaired) electrons. The first kappa shape index (κ1) is 18.3. The van der Waals surface area contributed by atoms with Crippen molar-refractivity contribution >= 4 is 11.4 Å². The van der Waals surface area contributed by atoms with Crippen molar-refractivity contribution in [3.8, 4) is 0 Å². The molecule has 0 unspecified atom stereocenters. The van der Waals surface area contributed by atoms with Crippen molar-refractivity contribution in [2.75, 3.05) is 18.1 Å². The molecular formula is C12H10F6N2O4. The Morgan fingerprint density at radius 1 is 1.29 bits per heavy atom. The van der Waals surface area contributed by atoms with E-state index >= 15 is 0 Å². The fourth-order valence-electron chi connectivity index (χ4n) is 2.30. The van der Waals surface area contributed by atoms with Crippen molar-refractivity contribution in [2.24, 2.45) is 0 Å². The standard InChI is InChI=1S/C12H10F6N2O4/c13-11(14,15)8-3-6(1-2-9(8)20(22)23)19-4-7(5-21)24-10(19)12(16,17)18/h1-3,7,10,21H,4-5H2/t7-,10-/m0/s1. The lowest BCUT2D eigenvalue weighted by Gasteiger charge is -2.27. The van der Waals surface area contributed by atoms with Crippen molar-refractivity contribution in [1.29, 1.82) is 0 Å². The van der Waals surface area contributed by atoms with Crippen molar-refractivity contribution in [3.63, 3.8) is 0 Å². The molecule has 1 fully saturated rings. The molecule has 2 rings (SSSR count). The van der Waals surface area contributed by atoms with Crippen LogP contribution in [-0.2, 0) is 10.9 Å². The Labute approximate surface area is 130 Å². The SMILES string of the molecule is O=[N+]([O-])c1ccc(N2C[C@@H](CO)O[C@H]2C(F)(F)F)cc1C(F)(F)F. The van der Waals surface area contributed by atoms with E-state index in [1.165, 1.54) is 0 Å². The third kappa shape index (κ3) is 3.53. The molecule has 0 aliphatic carbocycles. The van der Waals surface area contributed by atoms with Gasteiger partial charge in [-0.25, -0.2) is 0 Å². The number of hydrogen-bond donors (Lipinski definition) is 1. The first-order valence-electron chi connectivity index (χ1n) is 6.40. The molecule has 1 aromatic rings. The van der Waals surface area contributed by atoms with Crippen LogP contribution in [0.15, 0.2) is 18.2 Å². The van der Waals surface area contributed by atoms with Crippen molar-refractivity contribution < 1.29 is 41.1 Å². The summed E-state index contributed by atoms with van der Waals surface area (Å²) >= 11 is 0. The van der Waals surface area contributed by atoms with E-state index in [-0.39, 0.29) is 6.07 Å². The van der Waals surface area contributed by atoms with E-state index in [9.17, 15) is 36.5 Å². The van der Waals surface area contributed by atoms with Gasteiger partial charge in [0.1, 0.15) is 11.7 Å². The zero-order valence-corrected chi connectivity index (χ0v) is 11.6. The third-order valence-corrected chi connectivity index (χ3v) is 3.30. The van der Waals surface area contributed by atoms with E-state index < -0.39 is 59.7 Å². The van der Waals surface area contributed by atoms with Crippen LogP contribution in [-0.4, -0.2) is 41.7 Å². The maximum atomic E-state index is 13.0. The Hall–Kier alpha value is -2.08. The summed E-state index contributed by atoms with van der Waals surface area (Å²) in [6.07, 6.45) is -13.9. The number of alkyl halides is 6. The topological polar surface area (TPSA) is 75.8 Å². The number of anilines is 1. The van der Waals surface area contributed by atoms with Gasteiger partial charge in [-0.3, -0.25) is 10.1 Å². The Bertz CT molecular complexity index is 633. The van der Waals surface area contributed by atoms with Crippen molar-refractivity contribution in [3.05, 3.63) is 33.9 Å². The van der Waals surface area contributed by atoms with Gasteiger partial charge in [-0.15, -0.1) is 0 Å². The summed E-state index contributed by atoms with van der Waals surface area (Å²) in [5.41, 5.74) is -3.49. The molecule has 2 atom stereocenters. The average Bonchev–Trinajstić information content (AvgIpc) is 2.90. The summed E-state index contributed by atoms with van der Waals surface area (Å²) in [6, 6.07) is 1.52. The number of aliphatic hydroxyl groups is 1. The van der Waals surface area contributed by atoms with Gasteiger partial charge < -0.3 is 14.7 Å². The van der Waals surface area contributed by atoms with Crippen LogP contribution in [0.1, 0.15) is 5.56 Å². The molecule has 1 heterocycles. The zero-order chi connectivity index (χ0) is 18.3. The number of hydrogen-bond acceptors (Lipinski definition) is 5. The van der Waals surface area contributed by atoms with Crippen molar-refractivity contribution in [2.45, 2.75) is 24.7 Å². The number of nitro benzene ring substituents is 1. The van der Waals surface area contributed by atoms with Gasteiger partial charge in [-0.1, -0.05) is 0 Å². The minimum absolute atomic E-state index is 0.264. The number of nitro groups is 1. The minimum Gasteiger partial charge on any atom is -0.394 e. The fourth-order valence-corrected chi connectivity index (χ4v) is 2.30. The van der Waals surface area contributed by atoms with Gasteiger partial charge in [-0.05, 0) is 12.1 Å². The highest BCUT2D eigenvalue weighted by Gasteiger charge is 2.51. The molecular weight excluding hydrogens is 350 g/mol. The van der Waals surface area contributed by atoms with Crippen LogP contribution in [0.2, 0.25) is 0 Å². The molecule has 0 bridgehead atoms. The molecule has 0 aromatic heterocycles. The molecule has 1 N–H and O–H groups in total. The number of halogens is 6. The lowest BCUT2D eigenvalue weighted by molar-refractivity contribution is -0.388. The summed E-state index contributed by atoms with van der Waals surface area (Å²) in [6.45, 7) is -1.28. The summed E-state index contributed by atoms with van der Waals surface area (Å²) < 4.78 is 82.3. The number of rotatable bonds is 3. The van der Waals surface area contributed by atoms with Gasteiger partial charge in [0, 0.05) is 18.3 Å². The van der Waals surface area contributed by atoms with Gasteiger partial charge in [0.25, 0.3) is 5.69 Å². The van der Waals surface area contributed by atoms with Crippen LogP contribution in [0.25, 0.3) is 0 Å². The van der Waals surface area contributed by atoms with E-state index in [0.29, 0.717) is 11.0 Å². The molecule has 6 nitrogen and oxygen atoms in total. The summed E-state index contributed by atoms with van der Waals surface area (Å²) in [4.78, 5) is 9.88. The second-order valence-electron chi connectivity index (χ2n) is 4.94. The van der Waals surface area contributed by atoms with Crippen molar-refractivity contribution in [1.82, 2.24) is 0 Å². The Kier molecular flexibility index (Phi) is 4.63. The Balaban J connectivity index is 2.49. The smallest absolute Gasteiger partial charge is 0.394 e. The number of ether oxygens (including phenoxy) is 1. The Morgan fingerprint density at radius 2 is 1.92 bits per heavy atom. The quantitative estimate of drug-likeness (QED) is 0.510. The highest BCUT2D eigenvalue weighted by atomic mass is 19.4. The average molecular weight is 360 g/mol. The maximum Gasteiger partial charge on any atom is 0.433 e. The van der Waals surface area contributed by atoms with E-state index in [1.807, 2.05) is 0 Å². The molecule has 1 saturated heterocycles. The minimum atomic E-state index is -5.12. The van der Waals surface area contributed by atoms with Gasteiger partial charge >= 0.3 is 12.4 Å². The third-order valence-electron chi connectivity index (χ3n) is 3.30. The molecule has 0 saturated carbocycles. The Morgan fingerprint density at radius 3 is 2.38 bits per heavy atom. The zero-order valence-electron chi connectivity index (χ0n) is 11.6. The number of aliphatic hydroxyl groups excluding tert-OH is 1. The predicted octanol–water partition coefficient (Wildman–Crippen LogP) is 2.70. The van der Waals surface area contributed by atoms with Crippen LogP contribution in [0.3, 0.4) is 0 Å². The molecule has 1 aliphatic rings. The lowest BCUT2D eigenvalue weighted by atomic mass is 10.1. The van der Waals surface area contributed by atoms with Crippen LogP contribution >= 0.6 is 0 Å². The maximum absolute atomic E-state index is 13.0.